The summed E-state index contributed by atoms with van der Waals surface area (Å²) in [6.45, 7) is 0. The van der Waals surface area contributed by atoms with E-state index in [1.54, 1.807) is 17.0 Å². The van der Waals surface area contributed by atoms with Crippen molar-refractivity contribution in [1.82, 2.24) is 44.7 Å². The quantitative estimate of drug-likeness (QED) is 0.436. The number of imidazole rings is 1. The standard InChI is InChI=1S/C19H17N9O/c1-27-14-6-10(2-3-11(14)9-22-27)15-16(24-17(23-15)12-7-20-21-8-12)18-25-26-19(29)28(18)13-4-5-13/h2-3,6-9,13H,4-5H2,1H3,(H,20,21)(H,23,24)(H,26,29). The van der Waals surface area contributed by atoms with Gasteiger partial charge in [0.05, 0.1) is 23.5 Å². The van der Waals surface area contributed by atoms with Gasteiger partial charge in [-0.3, -0.25) is 14.3 Å². The van der Waals surface area contributed by atoms with Crippen molar-refractivity contribution >= 4 is 10.9 Å². The van der Waals surface area contributed by atoms with Gasteiger partial charge in [0, 0.05) is 30.2 Å². The second kappa shape index (κ2) is 5.77. The van der Waals surface area contributed by atoms with Crippen molar-refractivity contribution in [2.45, 2.75) is 18.9 Å². The molecule has 5 aromatic rings. The van der Waals surface area contributed by atoms with Crippen molar-refractivity contribution in [3.8, 4) is 34.2 Å². The highest BCUT2D eigenvalue weighted by Crippen LogP contribution is 2.39. The van der Waals surface area contributed by atoms with E-state index in [-0.39, 0.29) is 11.7 Å². The zero-order valence-corrected chi connectivity index (χ0v) is 15.5. The van der Waals surface area contributed by atoms with E-state index in [9.17, 15) is 4.79 Å². The Hall–Kier alpha value is -3.95. The Labute approximate surface area is 163 Å². The Morgan fingerprint density at radius 2 is 2.07 bits per heavy atom. The fourth-order valence-corrected chi connectivity index (χ4v) is 3.70. The van der Waals surface area contributed by atoms with Crippen LogP contribution >= 0.6 is 0 Å². The first kappa shape index (κ1) is 16.0. The number of fused-ring (bicyclic) bond motifs is 1. The minimum absolute atomic E-state index is 0.185. The predicted octanol–water partition coefficient (Wildman–Crippen LogP) is 2.24. The molecule has 10 heteroatoms. The van der Waals surface area contributed by atoms with E-state index < -0.39 is 0 Å². The zero-order valence-electron chi connectivity index (χ0n) is 15.5. The zero-order chi connectivity index (χ0) is 19.5. The molecule has 10 nitrogen and oxygen atoms in total. The maximum atomic E-state index is 12.3. The summed E-state index contributed by atoms with van der Waals surface area (Å²) in [6.07, 6.45) is 7.27. The number of aromatic nitrogens is 9. The summed E-state index contributed by atoms with van der Waals surface area (Å²) >= 11 is 0. The summed E-state index contributed by atoms with van der Waals surface area (Å²) in [7, 11) is 1.91. The van der Waals surface area contributed by atoms with Crippen molar-refractivity contribution in [3.05, 3.63) is 47.3 Å². The van der Waals surface area contributed by atoms with Gasteiger partial charge < -0.3 is 4.98 Å². The Balaban J connectivity index is 1.60. The Morgan fingerprint density at radius 1 is 1.17 bits per heavy atom. The molecule has 0 aliphatic heterocycles. The number of nitrogens with one attached hydrogen (secondary N) is 3. The summed E-state index contributed by atoms with van der Waals surface area (Å²) in [4.78, 5) is 20.5. The van der Waals surface area contributed by atoms with Crippen LogP contribution in [0, 0.1) is 0 Å². The van der Waals surface area contributed by atoms with E-state index in [1.807, 2.05) is 36.1 Å². The van der Waals surface area contributed by atoms with Crippen molar-refractivity contribution in [3.63, 3.8) is 0 Å². The first-order chi connectivity index (χ1) is 14.2. The van der Waals surface area contributed by atoms with Gasteiger partial charge in [0.25, 0.3) is 0 Å². The Morgan fingerprint density at radius 3 is 2.86 bits per heavy atom. The lowest BCUT2D eigenvalue weighted by Crippen LogP contribution is -2.16. The van der Waals surface area contributed by atoms with Gasteiger partial charge in [0.1, 0.15) is 17.2 Å². The van der Waals surface area contributed by atoms with Crippen LogP contribution in [0.3, 0.4) is 0 Å². The van der Waals surface area contributed by atoms with Crippen LogP contribution in [-0.4, -0.2) is 44.7 Å². The van der Waals surface area contributed by atoms with Gasteiger partial charge >= 0.3 is 5.69 Å². The van der Waals surface area contributed by atoms with Crippen LogP contribution in [0.25, 0.3) is 45.1 Å². The van der Waals surface area contributed by atoms with E-state index in [1.165, 1.54) is 0 Å². The molecule has 1 saturated carbocycles. The van der Waals surface area contributed by atoms with Crippen LogP contribution in [0.1, 0.15) is 18.9 Å². The smallest absolute Gasteiger partial charge is 0.335 e. The first-order valence-corrected chi connectivity index (χ1v) is 9.37. The molecule has 6 rings (SSSR count). The average molecular weight is 387 g/mol. The second-order valence-electron chi connectivity index (χ2n) is 7.29. The molecular formula is C19H17N9O. The summed E-state index contributed by atoms with van der Waals surface area (Å²) in [5.41, 5.74) is 3.98. The number of aryl methyl sites for hydroxylation is 1. The molecule has 4 aromatic heterocycles. The molecule has 0 saturated heterocycles. The van der Waals surface area contributed by atoms with Crippen molar-refractivity contribution in [2.24, 2.45) is 7.05 Å². The maximum absolute atomic E-state index is 12.3. The lowest BCUT2D eigenvalue weighted by molar-refractivity contribution is 0.715. The molecule has 0 radical (unpaired) electrons. The highest BCUT2D eigenvalue weighted by Gasteiger charge is 2.31. The SMILES string of the molecule is Cn1ncc2ccc(-c3nc(-c4cn[nH]c4)[nH]c3-c3n[nH]c(=O)n3C3CC3)cc21. The maximum Gasteiger partial charge on any atom is 0.343 e. The van der Waals surface area contributed by atoms with Crippen molar-refractivity contribution in [1.29, 1.82) is 0 Å². The van der Waals surface area contributed by atoms with Crippen LogP contribution in [0.4, 0.5) is 0 Å². The van der Waals surface area contributed by atoms with Crippen LogP contribution in [-0.2, 0) is 7.05 Å². The summed E-state index contributed by atoms with van der Waals surface area (Å²) in [5, 5.41) is 19.1. The summed E-state index contributed by atoms with van der Waals surface area (Å²) in [6, 6.07) is 6.26. The topological polar surface area (TPSA) is 126 Å². The van der Waals surface area contributed by atoms with Gasteiger partial charge in [-0.2, -0.15) is 15.3 Å². The number of hydrogen-bond acceptors (Lipinski definition) is 5. The number of hydrogen-bond donors (Lipinski definition) is 3. The third-order valence-corrected chi connectivity index (χ3v) is 5.34. The van der Waals surface area contributed by atoms with Crippen LogP contribution in [0.5, 0.6) is 0 Å². The number of H-pyrrole nitrogens is 3. The van der Waals surface area contributed by atoms with E-state index >= 15 is 0 Å². The average Bonchev–Trinajstić information content (AvgIpc) is 3.14. The van der Waals surface area contributed by atoms with Gasteiger partial charge in [-0.15, -0.1) is 0 Å². The van der Waals surface area contributed by atoms with Crippen LogP contribution in [0.15, 0.2) is 41.6 Å². The summed E-state index contributed by atoms with van der Waals surface area (Å²) in [5.74, 6) is 1.23. The molecule has 0 amide bonds. The van der Waals surface area contributed by atoms with Gasteiger partial charge in [-0.05, 0) is 18.9 Å². The number of aromatic amines is 3. The number of nitrogens with zero attached hydrogens (tertiary/aromatic N) is 6. The molecular weight excluding hydrogens is 370 g/mol. The lowest BCUT2D eigenvalue weighted by atomic mass is 10.1. The monoisotopic (exact) mass is 387 g/mol. The highest BCUT2D eigenvalue weighted by atomic mass is 16.1. The Bertz CT molecular complexity index is 1400. The molecule has 1 aromatic carbocycles. The normalized spacial score (nSPS) is 14.1. The van der Waals surface area contributed by atoms with E-state index in [4.69, 9.17) is 4.98 Å². The van der Waals surface area contributed by atoms with Crippen molar-refractivity contribution < 1.29 is 0 Å². The molecule has 0 bridgehead atoms. The third-order valence-electron chi connectivity index (χ3n) is 5.34. The molecule has 4 heterocycles. The van der Waals surface area contributed by atoms with E-state index in [2.05, 4.69) is 30.5 Å². The molecule has 3 N–H and O–H groups in total. The second-order valence-corrected chi connectivity index (χ2v) is 7.29. The molecule has 1 aliphatic carbocycles. The fraction of sp³-hybridized carbons (Fsp3) is 0.211. The predicted molar refractivity (Wildman–Crippen MR) is 106 cm³/mol. The first-order valence-electron chi connectivity index (χ1n) is 9.37. The number of rotatable bonds is 4. The van der Waals surface area contributed by atoms with Gasteiger partial charge in [-0.1, -0.05) is 12.1 Å². The molecule has 1 aliphatic rings. The number of benzene rings is 1. The molecule has 144 valence electrons. The van der Waals surface area contributed by atoms with Gasteiger partial charge in [0.2, 0.25) is 0 Å². The van der Waals surface area contributed by atoms with Gasteiger partial charge in [-0.25, -0.2) is 14.9 Å². The molecule has 1 fully saturated rings. The largest absolute Gasteiger partial charge is 0.343 e. The van der Waals surface area contributed by atoms with Gasteiger partial charge in [0.15, 0.2) is 5.82 Å². The van der Waals surface area contributed by atoms with E-state index in [0.29, 0.717) is 17.3 Å². The van der Waals surface area contributed by atoms with Crippen molar-refractivity contribution in [2.75, 3.05) is 0 Å². The minimum atomic E-state index is -0.199. The third kappa shape index (κ3) is 2.45. The summed E-state index contributed by atoms with van der Waals surface area (Å²) < 4.78 is 3.55. The molecule has 0 spiro atoms. The van der Waals surface area contributed by atoms with Crippen LogP contribution < -0.4 is 5.69 Å². The molecule has 0 atom stereocenters. The fourth-order valence-electron chi connectivity index (χ4n) is 3.70. The Kier molecular flexibility index (Phi) is 3.19. The highest BCUT2D eigenvalue weighted by molar-refractivity contribution is 5.87. The van der Waals surface area contributed by atoms with E-state index in [0.717, 1.165) is 40.6 Å². The minimum Gasteiger partial charge on any atom is -0.335 e. The molecule has 0 unspecified atom stereocenters. The lowest BCUT2D eigenvalue weighted by Gasteiger charge is -2.05. The van der Waals surface area contributed by atoms with Crippen LogP contribution in [0.2, 0.25) is 0 Å². The molecule has 29 heavy (non-hydrogen) atoms.